The van der Waals surface area contributed by atoms with Crippen LogP contribution in [0.25, 0.3) is 11.3 Å². The molecule has 1 aliphatic heterocycles. The van der Waals surface area contributed by atoms with Crippen LogP contribution in [0.1, 0.15) is 33.7 Å². The normalized spacial score (nSPS) is 17.5. The number of halogens is 2. The van der Waals surface area contributed by atoms with Crippen molar-refractivity contribution < 1.29 is 0 Å². The van der Waals surface area contributed by atoms with E-state index in [1.807, 2.05) is 12.1 Å². The summed E-state index contributed by atoms with van der Waals surface area (Å²) in [5.41, 5.74) is 9.51. The summed E-state index contributed by atoms with van der Waals surface area (Å²) in [5, 5.41) is 4.77. The standard InChI is InChI=1S/C33H34Cl2N4/c1-22-19-25-20-29(24-9-12-30(34)31(35)21-24)27-5-3-4-6-28(27)32(25)37-33(22)36-26-10-7-23(8-11-26)13-14-39-17-15-38(2)16-18-39/h3-12,19,21,29H,13-18,20H2,1-2H3,(H,36,37)/t29-/m0/s1. The third kappa shape index (κ3) is 5.71. The fraction of sp³-hybridized carbons (Fsp3) is 0.303. The number of nitrogens with one attached hydrogen (secondary N) is 1. The summed E-state index contributed by atoms with van der Waals surface area (Å²) in [7, 11) is 2.20. The van der Waals surface area contributed by atoms with Gasteiger partial charge < -0.3 is 15.1 Å². The van der Waals surface area contributed by atoms with Crippen molar-refractivity contribution in [1.82, 2.24) is 14.8 Å². The Hall–Kier alpha value is -2.89. The lowest BCUT2D eigenvalue weighted by Gasteiger charge is -2.32. The highest BCUT2D eigenvalue weighted by molar-refractivity contribution is 6.42. The Morgan fingerprint density at radius 3 is 2.44 bits per heavy atom. The van der Waals surface area contributed by atoms with Crippen molar-refractivity contribution in [3.05, 3.63) is 111 Å². The Morgan fingerprint density at radius 1 is 0.897 bits per heavy atom. The van der Waals surface area contributed by atoms with Crippen molar-refractivity contribution in [2.24, 2.45) is 0 Å². The molecular weight excluding hydrogens is 523 g/mol. The highest BCUT2D eigenvalue weighted by Crippen LogP contribution is 2.44. The van der Waals surface area contributed by atoms with Crippen LogP contribution < -0.4 is 5.32 Å². The van der Waals surface area contributed by atoms with E-state index >= 15 is 0 Å². The molecule has 200 valence electrons. The maximum atomic E-state index is 6.39. The predicted molar refractivity (Wildman–Crippen MR) is 164 cm³/mol. The van der Waals surface area contributed by atoms with Crippen molar-refractivity contribution in [1.29, 1.82) is 0 Å². The van der Waals surface area contributed by atoms with Gasteiger partial charge in [-0.2, -0.15) is 0 Å². The molecule has 0 unspecified atom stereocenters. The summed E-state index contributed by atoms with van der Waals surface area (Å²) >= 11 is 12.6. The number of likely N-dealkylation sites (N-methyl/N-ethyl adjacent to an activating group) is 1. The third-order valence-corrected chi connectivity index (χ3v) is 8.92. The molecule has 2 aliphatic rings. The number of rotatable bonds is 6. The summed E-state index contributed by atoms with van der Waals surface area (Å²) in [4.78, 5) is 10.1. The highest BCUT2D eigenvalue weighted by atomic mass is 35.5. The van der Waals surface area contributed by atoms with Crippen LogP contribution in [0, 0.1) is 6.92 Å². The third-order valence-electron chi connectivity index (χ3n) is 8.18. The monoisotopic (exact) mass is 556 g/mol. The molecule has 0 saturated carbocycles. The molecule has 6 rings (SSSR count). The Bertz CT molecular complexity index is 1480. The number of benzene rings is 3. The Morgan fingerprint density at radius 2 is 1.67 bits per heavy atom. The van der Waals surface area contributed by atoms with Gasteiger partial charge in [0.2, 0.25) is 0 Å². The van der Waals surface area contributed by atoms with Gasteiger partial charge in [0.1, 0.15) is 5.82 Å². The van der Waals surface area contributed by atoms with Crippen molar-refractivity contribution in [3.63, 3.8) is 0 Å². The molecule has 39 heavy (non-hydrogen) atoms. The van der Waals surface area contributed by atoms with E-state index in [1.165, 1.54) is 27.8 Å². The van der Waals surface area contributed by atoms with Crippen LogP contribution >= 0.6 is 23.2 Å². The average molecular weight is 558 g/mol. The van der Waals surface area contributed by atoms with Gasteiger partial charge in [0.05, 0.1) is 15.7 Å². The Labute approximate surface area is 241 Å². The molecule has 0 bridgehead atoms. The maximum Gasteiger partial charge on any atom is 0.134 e. The van der Waals surface area contributed by atoms with Gasteiger partial charge in [0, 0.05) is 49.9 Å². The summed E-state index contributed by atoms with van der Waals surface area (Å²) in [6, 6.07) is 25.7. The van der Waals surface area contributed by atoms with E-state index in [-0.39, 0.29) is 5.92 Å². The molecule has 1 atom stereocenters. The van der Waals surface area contributed by atoms with Crippen molar-refractivity contribution in [3.8, 4) is 11.3 Å². The quantitative estimate of drug-likeness (QED) is 0.265. The number of anilines is 2. The molecule has 1 aromatic heterocycles. The SMILES string of the molecule is Cc1cc2c(nc1Nc1ccc(CCN3CCN(C)CC3)cc1)-c1ccccc1[C@H](c1ccc(Cl)c(Cl)c1)C2. The summed E-state index contributed by atoms with van der Waals surface area (Å²) in [5.74, 6) is 1.11. The zero-order chi connectivity index (χ0) is 26.9. The van der Waals surface area contributed by atoms with E-state index in [4.69, 9.17) is 28.2 Å². The van der Waals surface area contributed by atoms with Crippen LogP contribution in [0.3, 0.4) is 0 Å². The molecule has 1 aliphatic carbocycles. The first-order valence-electron chi connectivity index (χ1n) is 13.8. The van der Waals surface area contributed by atoms with Crippen molar-refractivity contribution in [2.45, 2.75) is 25.7 Å². The van der Waals surface area contributed by atoms with Crippen LogP contribution in [0.5, 0.6) is 0 Å². The van der Waals surface area contributed by atoms with Crippen LogP contribution in [-0.2, 0) is 12.8 Å². The Balaban J connectivity index is 1.21. The molecule has 2 heterocycles. The maximum absolute atomic E-state index is 6.39. The number of piperazine rings is 1. The lowest BCUT2D eigenvalue weighted by molar-refractivity contribution is 0.155. The van der Waals surface area contributed by atoms with Crippen molar-refractivity contribution in [2.75, 3.05) is 45.1 Å². The fourth-order valence-corrected chi connectivity index (χ4v) is 6.11. The van der Waals surface area contributed by atoms with Crippen LogP contribution in [0.4, 0.5) is 11.5 Å². The Kier molecular flexibility index (Phi) is 7.64. The van der Waals surface area contributed by atoms with Crippen molar-refractivity contribution >= 4 is 34.7 Å². The lowest BCUT2D eigenvalue weighted by atomic mass is 9.77. The van der Waals surface area contributed by atoms with Gasteiger partial charge in [0.15, 0.2) is 0 Å². The minimum absolute atomic E-state index is 0.210. The lowest BCUT2D eigenvalue weighted by Crippen LogP contribution is -2.45. The van der Waals surface area contributed by atoms with E-state index in [1.54, 1.807) is 0 Å². The molecule has 1 N–H and O–H groups in total. The molecule has 6 heteroatoms. The van der Waals surface area contributed by atoms with Crippen LogP contribution in [0.15, 0.2) is 72.8 Å². The second-order valence-electron chi connectivity index (χ2n) is 10.9. The van der Waals surface area contributed by atoms with E-state index in [9.17, 15) is 0 Å². The van der Waals surface area contributed by atoms with Crippen LogP contribution in [-0.4, -0.2) is 54.6 Å². The highest BCUT2D eigenvalue weighted by Gasteiger charge is 2.28. The molecule has 0 radical (unpaired) electrons. The van der Waals surface area contributed by atoms with Gasteiger partial charge >= 0.3 is 0 Å². The second-order valence-corrected chi connectivity index (χ2v) is 11.7. The zero-order valence-corrected chi connectivity index (χ0v) is 24.1. The second kappa shape index (κ2) is 11.3. The number of nitrogens with zero attached hydrogens (tertiary/aromatic N) is 3. The van der Waals surface area contributed by atoms with Gasteiger partial charge in [-0.05, 0) is 78.9 Å². The van der Waals surface area contributed by atoms with Crippen LogP contribution in [0.2, 0.25) is 10.0 Å². The van der Waals surface area contributed by atoms with Gasteiger partial charge in [-0.3, -0.25) is 0 Å². The molecule has 0 spiro atoms. The molecule has 1 saturated heterocycles. The molecule has 0 amide bonds. The fourth-order valence-electron chi connectivity index (χ4n) is 5.81. The first kappa shape index (κ1) is 26.3. The summed E-state index contributed by atoms with van der Waals surface area (Å²) < 4.78 is 0. The predicted octanol–water partition coefficient (Wildman–Crippen LogP) is 7.59. The summed E-state index contributed by atoms with van der Waals surface area (Å²) in [6.07, 6.45) is 1.96. The topological polar surface area (TPSA) is 31.4 Å². The van der Waals surface area contributed by atoms with E-state index in [0.717, 1.165) is 68.3 Å². The van der Waals surface area contributed by atoms with E-state index in [2.05, 4.69) is 89.8 Å². The van der Waals surface area contributed by atoms with E-state index < -0.39 is 0 Å². The number of aryl methyl sites for hydroxylation is 1. The number of hydrogen-bond acceptors (Lipinski definition) is 4. The average Bonchev–Trinajstić information content (AvgIpc) is 2.95. The smallest absolute Gasteiger partial charge is 0.134 e. The first-order chi connectivity index (χ1) is 18.9. The zero-order valence-electron chi connectivity index (χ0n) is 22.6. The van der Waals surface area contributed by atoms with Gasteiger partial charge in [-0.1, -0.05) is 71.7 Å². The molecule has 4 aromatic rings. The minimum atomic E-state index is 0.210. The van der Waals surface area contributed by atoms with Gasteiger partial charge in [0.25, 0.3) is 0 Å². The largest absolute Gasteiger partial charge is 0.340 e. The summed E-state index contributed by atoms with van der Waals surface area (Å²) in [6.45, 7) is 7.91. The van der Waals surface area contributed by atoms with E-state index in [0.29, 0.717) is 10.0 Å². The number of fused-ring (bicyclic) bond motifs is 3. The number of pyridine rings is 1. The molecular formula is C33H34Cl2N4. The van der Waals surface area contributed by atoms with Gasteiger partial charge in [-0.25, -0.2) is 4.98 Å². The molecule has 4 nitrogen and oxygen atoms in total. The molecule has 1 fully saturated rings. The molecule has 3 aromatic carbocycles. The van der Waals surface area contributed by atoms with Gasteiger partial charge in [-0.15, -0.1) is 0 Å². The first-order valence-corrected chi connectivity index (χ1v) is 14.5. The number of hydrogen-bond donors (Lipinski definition) is 1. The number of aromatic nitrogens is 1. The minimum Gasteiger partial charge on any atom is -0.340 e.